The number of amides is 2. The molecular weight excluding hydrogens is 636 g/mol. The van der Waals surface area contributed by atoms with Crippen LogP contribution in [0.5, 0.6) is 0 Å². The number of carbonyl (C=O) groups excluding carboxylic acids is 2. The van der Waals surface area contributed by atoms with Gasteiger partial charge in [0.2, 0.25) is 5.91 Å². The number of imidazole rings is 1. The molecule has 10 heteroatoms. The van der Waals surface area contributed by atoms with E-state index in [4.69, 9.17) is 21.3 Å². The summed E-state index contributed by atoms with van der Waals surface area (Å²) in [5, 5.41) is 0.715. The summed E-state index contributed by atoms with van der Waals surface area (Å²) < 4.78 is 8.16. The van der Waals surface area contributed by atoms with Gasteiger partial charge in [0.1, 0.15) is 12.1 Å². The number of hydrogen-bond acceptors (Lipinski definition) is 6. The van der Waals surface area contributed by atoms with Crippen LogP contribution < -0.4 is 0 Å². The van der Waals surface area contributed by atoms with Crippen molar-refractivity contribution in [3.63, 3.8) is 0 Å². The Morgan fingerprint density at radius 2 is 1.78 bits per heavy atom. The van der Waals surface area contributed by atoms with E-state index in [-0.39, 0.29) is 24.1 Å². The predicted octanol–water partition coefficient (Wildman–Crippen LogP) is 6.69. The van der Waals surface area contributed by atoms with Crippen molar-refractivity contribution in [1.82, 2.24) is 29.2 Å². The predicted molar refractivity (Wildman–Crippen MR) is 189 cm³/mol. The van der Waals surface area contributed by atoms with Crippen molar-refractivity contribution >= 4 is 23.6 Å². The van der Waals surface area contributed by atoms with Crippen LogP contribution in [0.3, 0.4) is 0 Å². The first-order valence-electron chi connectivity index (χ1n) is 17.8. The number of rotatable bonds is 9. The molecule has 0 spiro atoms. The van der Waals surface area contributed by atoms with E-state index in [0.29, 0.717) is 37.7 Å². The molecule has 256 valence electrons. The molecule has 0 unspecified atom stereocenters. The van der Waals surface area contributed by atoms with E-state index in [2.05, 4.69) is 40.2 Å². The maximum atomic E-state index is 14.9. The van der Waals surface area contributed by atoms with Crippen LogP contribution in [0.2, 0.25) is 5.02 Å². The van der Waals surface area contributed by atoms with Gasteiger partial charge in [-0.1, -0.05) is 60.5 Å². The van der Waals surface area contributed by atoms with E-state index >= 15 is 0 Å². The number of halogens is 1. The first kappa shape index (κ1) is 33.3. The summed E-state index contributed by atoms with van der Waals surface area (Å²) in [6.07, 6.45) is 14.4. The van der Waals surface area contributed by atoms with E-state index in [9.17, 15) is 9.59 Å². The number of ether oxygens (including phenoxy) is 1. The van der Waals surface area contributed by atoms with Crippen LogP contribution >= 0.6 is 11.6 Å². The zero-order valence-corrected chi connectivity index (χ0v) is 28.8. The average molecular weight is 681 g/mol. The minimum absolute atomic E-state index is 0.0639. The van der Waals surface area contributed by atoms with Crippen LogP contribution in [0.15, 0.2) is 85.6 Å². The third-order valence-electron chi connectivity index (χ3n) is 10.3. The lowest BCUT2D eigenvalue weighted by molar-refractivity contribution is -0.140. The van der Waals surface area contributed by atoms with Gasteiger partial charge in [-0.25, -0.2) is 9.78 Å². The second-order valence-electron chi connectivity index (χ2n) is 13.5. The monoisotopic (exact) mass is 680 g/mol. The van der Waals surface area contributed by atoms with E-state index < -0.39 is 6.04 Å². The van der Waals surface area contributed by atoms with Crippen molar-refractivity contribution in [3.8, 4) is 0 Å². The highest BCUT2D eigenvalue weighted by Crippen LogP contribution is 2.38. The molecule has 0 N–H and O–H groups in total. The van der Waals surface area contributed by atoms with Crippen LogP contribution in [-0.4, -0.2) is 79.6 Å². The molecule has 9 nitrogen and oxygen atoms in total. The Morgan fingerprint density at radius 3 is 2.59 bits per heavy atom. The molecule has 49 heavy (non-hydrogen) atoms. The van der Waals surface area contributed by atoms with Crippen molar-refractivity contribution in [2.24, 2.45) is 0 Å². The minimum Gasteiger partial charge on any atom is -0.446 e. The van der Waals surface area contributed by atoms with Crippen LogP contribution in [0.1, 0.15) is 72.5 Å². The molecule has 1 saturated carbocycles. The first-order chi connectivity index (χ1) is 24.0. The van der Waals surface area contributed by atoms with Crippen LogP contribution in [0.4, 0.5) is 4.79 Å². The fourth-order valence-corrected chi connectivity index (χ4v) is 7.95. The SMILES string of the molecule is O=C([C@H]1CN([C@H]2c3ccc(Cl)cc3CCc3cccnc32)CCN1C(=O)OC1CCCCC1)N(CCCn1ccnc1)Cc1ccccc1. The van der Waals surface area contributed by atoms with Gasteiger partial charge in [0.15, 0.2) is 0 Å². The maximum Gasteiger partial charge on any atom is 0.410 e. The summed E-state index contributed by atoms with van der Waals surface area (Å²) >= 11 is 6.51. The van der Waals surface area contributed by atoms with E-state index in [1.807, 2.05) is 52.2 Å². The summed E-state index contributed by atoms with van der Waals surface area (Å²) in [4.78, 5) is 44.0. The lowest BCUT2D eigenvalue weighted by Gasteiger charge is -2.45. The first-order valence-corrected chi connectivity index (χ1v) is 18.1. The molecule has 2 aromatic heterocycles. The number of nitrogens with zero attached hydrogens (tertiary/aromatic N) is 6. The zero-order chi connectivity index (χ0) is 33.6. The lowest BCUT2D eigenvalue weighted by atomic mass is 9.95. The summed E-state index contributed by atoms with van der Waals surface area (Å²) in [7, 11) is 0. The molecule has 2 fully saturated rings. The third-order valence-corrected chi connectivity index (χ3v) is 10.5. The Morgan fingerprint density at radius 1 is 0.939 bits per heavy atom. The molecule has 2 atom stereocenters. The number of aromatic nitrogens is 3. The molecule has 4 aromatic rings. The quantitative estimate of drug-likeness (QED) is 0.196. The molecule has 7 rings (SSSR count). The van der Waals surface area contributed by atoms with Gasteiger partial charge in [0.25, 0.3) is 0 Å². The van der Waals surface area contributed by atoms with Crippen molar-refractivity contribution in [3.05, 3.63) is 119 Å². The van der Waals surface area contributed by atoms with Crippen molar-refractivity contribution in [2.75, 3.05) is 26.2 Å². The molecule has 1 saturated heterocycles. The number of benzene rings is 2. The van der Waals surface area contributed by atoms with Gasteiger partial charge < -0.3 is 14.2 Å². The van der Waals surface area contributed by atoms with Crippen molar-refractivity contribution in [2.45, 2.75) is 82.6 Å². The van der Waals surface area contributed by atoms with Gasteiger partial charge in [-0.05, 0) is 85.4 Å². The molecule has 2 amide bonds. The summed E-state index contributed by atoms with van der Waals surface area (Å²) in [6, 6.07) is 19.5. The average Bonchev–Trinajstić information content (AvgIpc) is 3.60. The van der Waals surface area contributed by atoms with Crippen LogP contribution in [0, 0.1) is 0 Å². The van der Waals surface area contributed by atoms with Crippen LogP contribution in [-0.2, 0) is 35.5 Å². The summed E-state index contributed by atoms with van der Waals surface area (Å²) in [5.41, 5.74) is 5.62. The minimum atomic E-state index is -0.715. The molecule has 3 heterocycles. The Balaban J connectivity index is 1.21. The smallest absolute Gasteiger partial charge is 0.410 e. The highest BCUT2D eigenvalue weighted by Gasteiger charge is 2.42. The number of fused-ring (bicyclic) bond motifs is 2. The number of aryl methyl sites for hydroxylation is 3. The number of hydrogen-bond donors (Lipinski definition) is 0. The largest absolute Gasteiger partial charge is 0.446 e. The number of carbonyl (C=O) groups is 2. The van der Waals surface area contributed by atoms with E-state index in [0.717, 1.165) is 68.3 Å². The van der Waals surface area contributed by atoms with Crippen molar-refractivity contribution < 1.29 is 14.3 Å². The van der Waals surface area contributed by atoms with Crippen LogP contribution in [0.25, 0.3) is 0 Å². The fraction of sp³-hybridized carbons (Fsp3) is 0.436. The van der Waals surface area contributed by atoms with E-state index in [1.165, 1.54) is 17.5 Å². The molecule has 3 aliphatic rings. The second kappa shape index (κ2) is 15.6. The summed E-state index contributed by atoms with van der Waals surface area (Å²) in [6.45, 7) is 3.09. The topological polar surface area (TPSA) is 83.8 Å². The highest BCUT2D eigenvalue weighted by molar-refractivity contribution is 6.30. The Kier molecular flexibility index (Phi) is 10.6. The highest BCUT2D eigenvalue weighted by atomic mass is 35.5. The molecule has 0 bridgehead atoms. The molecule has 2 aliphatic carbocycles. The zero-order valence-electron chi connectivity index (χ0n) is 28.0. The number of pyridine rings is 1. The Labute approximate surface area is 293 Å². The van der Waals surface area contributed by atoms with Gasteiger partial charge in [-0.3, -0.25) is 19.6 Å². The Bertz CT molecular complexity index is 1710. The van der Waals surface area contributed by atoms with Gasteiger partial charge in [-0.2, -0.15) is 0 Å². The summed E-state index contributed by atoms with van der Waals surface area (Å²) in [5.74, 6) is -0.0639. The molecule has 2 aromatic carbocycles. The fourth-order valence-electron chi connectivity index (χ4n) is 7.76. The third kappa shape index (κ3) is 7.84. The maximum absolute atomic E-state index is 14.9. The molecule has 0 radical (unpaired) electrons. The van der Waals surface area contributed by atoms with Gasteiger partial charge in [-0.15, -0.1) is 0 Å². The van der Waals surface area contributed by atoms with E-state index in [1.54, 1.807) is 17.4 Å². The number of piperazine rings is 1. The van der Waals surface area contributed by atoms with Gasteiger partial charge >= 0.3 is 6.09 Å². The normalized spacial score (nSPS) is 19.8. The molecular formula is C39H45ClN6O3. The standard InChI is InChI=1S/C39H45ClN6O3/c40-32-16-17-34-31(25-32)15-14-30-11-7-18-42-36(30)37(34)44-23-24-46(39(48)49-33-12-5-2-6-13-33)35(27-44)38(47)45(26-29-9-3-1-4-10-29)21-8-20-43-22-19-41-28-43/h1,3-4,7,9-11,16-19,22,25,28,33,35,37H,2,5-6,8,12-15,20-21,23-24,26-27H2/t35-,37+/m1/s1. The lowest BCUT2D eigenvalue weighted by Crippen LogP contribution is -2.62. The Hall–Kier alpha value is -4.21. The van der Waals surface area contributed by atoms with Gasteiger partial charge in [0.05, 0.1) is 18.1 Å². The second-order valence-corrected chi connectivity index (χ2v) is 14.0. The van der Waals surface area contributed by atoms with Gasteiger partial charge in [0, 0.05) is 62.9 Å². The van der Waals surface area contributed by atoms with Crippen molar-refractivity contribution in [1.29, 1.82) is 0 Å². The molecule has 1 aliphatic heterocycles.